The van der Waals surface area contributed by atoms with Crippen LogP contribution in [0, 0.1) is 17.0 Å². The van der Waals surface area contributed by atoms with Crippen LogP contribution >= 0.6 is 0 Å². The molecule has 0 aliphatic carbocycles. The molecule has 144 valence electrons. The number of aromatic nitrogens is 3. The Bertz CT molecular complexity index is 987. The highest BCUT2D eigenvalue weighted by atomic mass is 16.6. The first-order chi connectivity index (χ1) is 13.5. The van der Waals surface area contributed by atoms with E-state index in [0.717, 1.165) is 5.75 Å². The molecule has 1 amide bonds. The number of nitro groups is 1. The molecule has 0 atom stereocenters. The molecule has 0 radical (unpaired) electrons. The van der Waals surface area contributed by atoms with E-state index in [1.807, 2.05) is 30.3 Å². The lowest BCUT2D eigenvalue weighted by molar-refractivity contribution is -0.384. The summed E-state index contributed by atoms with van der Waals surface area (Å²) in [5, 5.41) is 18.9. The van der Waals surface area contributed by atoms with Crippen LogP contribution < -0.4 is 4.74 Å². The van der Waals surface area contributed by atoms with E-state index in [2.05, 4.69) is 10.3 Å². The quantitative estimate of drug-likeness (QED) is 0.460. The monoisotopic (exact) mass is 381 g/mol. The number of non-ortho nitro benzene ring substituents is 1. The Hall–Kier alpha value is -3.75. The van der Waals surface area contributed by atoms with Gasteiger partial charge in [-0.1, -0.05) is 29.5 Å². The van der Waals surface area contributed by atoms with Crippen LogP contribution in [-0.2, 0) is 0 Å². The molecule has 0 aliphatic heterocycles. The third-order valence-electron chi connectivity index (χ3n) is 4.17. The summed E-state index contributed by atoms with van der Waals surface area (Å²) in [5.41, 5.74) is 1.10. The highest BCUT2D eigenvalue weighted by Gasteiger charge is 2.21. The fourth-order valence-electron chi connectivity index (χ4n) is 2.61. The Morgan fingerprint density at radius 1 is 1.21 bits per heavy atom. The molecule has 28 heavy (non-hydrogen) atoms. The Kier molecular flexibility index (Phi) is 5.64. The van der Waals surface area contributed by atoms with Gasteiger partial charge in [0.05, 0.1) is 22.8 Å². The summed E-state index contributed by atoms with van der Waals surface area (Å²) in [6.07, 6.45) is 0. The van der Waals surface area contributed by atoms with Crippen LogP contribution in [0.2, 0.25) is 0 Å². The van der Waals surface area contributed by atoms with Crippen molar-refractivity contribution in [1.29, 1.82) is 0 Å². The zero-order valence-electron chi connectivity index (χ0n) is 15.5. The minimum atomic E-state index is -0.484. The van der Waals surface area contributed by atoms with Crippen LogP contribution in [0.3, 0.4) is 0 Å². The predicted molar refractivity (Wildman–Crippen MR) is 102 cm³/mol. The predicted octanol–water partition coefficient (Wildman–Crippen LogP) is 2.63. The summed E-state index contributed by atoms with van der Waals surface area (Å²) in [6.45, 7) is 2.40. The molecule has 1 aromatic heterocycles. The fourth-order valence-corrected chi connectivity index (χ4v) is 2.61. The molecule has 0 saturated heterocycles. The van der Waals surface area contributed by atoms with E-state index in [9.17, 15) is 14.9 Å². The van der Waals surface area contributed by atoms with E-state index in [1.165, 1.54) is 21.7 Å². The van der Waals surface area contributed by atoms with Gasteiger partial charge in [-0.2, -0.15) is 0 Å². The second-order valence-electron chi connectivity index (χ2n) is 6.10. The Morgan fingerprint density at radius 3 is 2.68 bits per heavy atom. The van der Waals surface area contributed by atoms with Crippen molar-refractivity contribution < 1.29 is 14.5 Å². The molecule has 2 aromatic carbocycles. The standard InChI is InChI=1S/C19H19N5O4/c1-14-18(19(25)22(2)11-12-28-17-9-4-3-5-10-17)20-21-23(14)15-7-6-8-16(13-15)24(26)27/h3-10,13H,11-12H2,1-2H3. The van der Waals surface area contributed by atoms with Gasteiger partial charge >= 0.3 is 0 Å². The van der Waals surface area contributed by atoms with Gasteiger partial charge in [0.25, 0.3) is 11.6 Å². The normalized spacial score (nSPS) is 10.5. The third kappa shape index (κ3) is 4.14. The van der Waals surface area contributed by atoms with Gasteiger partial charge < -0.3 is 9.64 Å². The van der Waals surface area contributed by atoms with Gasteiger partial charge in [0.1, 0.15) is 12.4 Å². The van der Waals surface area contributed by atoms with Crippen LogP contribution in [0.4, 0.5) is 5.69 Å². The molecule has 0 unspecified atom stereocenters. The van der Waals surface area contributed by atoms with Crippen molar-refractivity contribution >= 4 is 11.6 Å². The number of para-hydroxylation sites is 1. The average Bonchev–Trinajstić information content (AvgIpc) is 3.09. The number of nitrogens with zero attached hydrogens (tertiary/aromatic N) is 5. The minimum absolute atomic E-state index is 0.0598. The largest absolute Gasteiger partial charge is 0.492 e. The van der Waals surface area contributed by atoms with Crippen molar-refractivity contribution in [2.24, 2.45) is 0 Å². The van der Waals surface area contributed by atoms with Crippen molar-refractivity contribution in [3.63, 3.8) is 0 Å². The Balaban J connectivity index is 1.69. The zero-order chi connectivity index (χ0) is 20.1. The average molecular weight is 381 g/mol. The van der Waals surface area contributed by atoms with Crippen LogP contribution in [0.25, 0.3) is 5.69 Å². The summed E-state index contributed by atoms with van der Waals surface area (Å²) in [7, 11) is 1.66. The van der Waals surface area contributed by atoms with Crippen molar-refractivity contribution in [3.8, 4) is 11.4 Å². The van der Waals surface area contributed by atoms with E-state index in [0.29, 0.717) is 24.5 Å². The second-order valence-corrected chi connectivity index (χ2v) is 6.10. The van der Waals surface area contributed by atoms with E-state index in [4.69, 9.17) is 4.74 Å². The number of nitro benzene ring substituents is 1. The number of ether oxygens (including phenoxy) is 1. The highest BCUT2D eigenvalue weighted by molar-refractivity contribution is 5.93. The summed E-state index contributed by atoms with van der Waals surface area (Å²) >= 11 is 0. The molecule has 3 rings (SSSR count). The molecular weight excluding hydrogens is 362 g/mol. The summed E-state index contributed by atoms with van der Waals surface area (Å²) in [5.74, 6) is 0.432. The number of likely N-dealkylation sites (N-methyl/N-ethyl adjacent to an activating group) is 1. The lowest BCUT2D eigenvalue weighted by atomic mass is 10.2. The number of amides is 1. The lowest BCUT2D eigenvalue weighted by Gasteiger charge is -2.16. The molecule has 0 aliphatic rings. The van der Waals surface area contributed by atoms with Crippen molar-refractivity contribution in [1.82, 2.24) is 19.9 Å². The molecule has 0 N–H and O–H groups in total. The van der Waals surface area contributed by atoms with E-state index >= 15 is 0 Å². The van der Waals surface area contributed by atoms with E-state index < -0.39 is 4.92 Å². The topological polar surface area (TPSA) is 103 Å². The van der Waals surface area contributed by atoms with Crippen LogP contribution in [0.5, 0.6) is 5.75 Å². The number of hydrogen-bond donors (Lipinski definition) is 0. The second kappa shape index (κ2) is 8.30. The van der Waals surface area contributed by atoms with Gasteiger partial charge in [0.2, 0.25) is 0 Å². The summed E-state index contributed by atoms with van der Waals surface area (Å²) in [6, 6.07) is 15.3. The van der Waals surface area contributed by atoms with E-state index in [1.54, 1.807) is 26.1 Å². The number of benzene rings is 2. The number of carbonyl (C=O) groups excluding carboxylic acids is 1. The van der Waals surface area contributed by atoms with Crippen molar-refractivity contribution in [2.75, 3.05) is 20.2 Å². The smallest absolute Gasteiger partial charge is 0.276 e. The minimum Gasteiger partial charge on any atom is -0.492 e. The van der Waals surface area contributed by atoms with Gasteiger partial charge in [-0.15, -0.1) is 5.10 Å². The fraction of sp³-hybridized carbons (Fsp3) is 0.211. The SMILES string of the molecule is Cc1c(C(=O)N(C)CCOc2ccccc2)nnn1-c1cccc([N+](=O)[O-])c1. The lowest BCUT2D eigenvalue weighted by Crippen LogP contribution is -2.31. The molecule has 0 fully saturated rings. The first-order valence-electron chi connectivity index (χ1n) is 8.58. The molecule has 3 aromatic rings. The molecule has 9 nitrogen and oxygen atoms in total. The maximum atomic E-state index is 12.7. The van der Waals surface area contributed by atoms with Gasteiger partial charge in [0, 0.05) is 19.2 Å². The Morgan fingerprint density at radius 2 is 1.96 bits per heavy atom. The summed E-state index contributed by atoms with van der Waals surface area (Å²) < 4.78 is 7.02. The first kappa shape index (κ1) is 19.0. The van der Waals surface area contributed by atoms with Gasteiger partial charge in [0.15, 0.2) is 5.69 Å². The molecule has 9 heteroatoms. The van der Waals surface area contributed by atoms with Gasteiger partial charge in [-0.25, -0.2) is 4.68 Å². The molecular formula is C19H19N5O4. The van der Waals surface area contributed by atoms with Crippen LogP contribution in [0.15, 0.2) is 54.6 Å². The molecule has 0 spiro atoms. The van der Waals surface area contributed by atoms with Crippen molar-refractivity contribution in [3.05, 3.63) is 76.1 Å². The number of hydrogen-bond acceptors (Lipinski definition) is 6. The highest BCUT2D eigenvalue weighted by Crippen LogP contribution is 2.19. The first-order valence-corrected chi connectivity index (χ1v) is 8.58. The molecule has 0 bridgehead atoms. The Labute approximate surface area is 161 Å². The van der Waals surface area contributed by atoms with Gasteiger partial charge in [-0.05, 0) is 25.1 Å². The maximum Gasteiger partial charge on any atom is 0.276 e. The maximum absolute atomic E-state index is 12.7. The third-order valence-corrected chi connectivity index (χ3v) is 4.17. The van der Waals surface area contributed by atoms with Crippen LogP contribution in [0.1, 0.15) is 16.2 Å². The number of rotatable bonds is 7. The zero-order valence-corrected chi connectivity index (χ0v) is 15.5. The van der Waals surface area contributed by atoms with E-state index in [-0.39, 0.29) is 17.3 Å². The van der Waals surface area contributed by atoms with Crippen LogP contribution in [-0.4, -0.2) is 50.9 Å². The molecule has 1 heterocycles. The van der Waals surface area contributed by atoms with Gasteiger partial charge in [-0.3, -0.25) is 14.9 Å². The van der Waals surface area contributed by atoms with Crippen molar-refractivity contribution in [2.45, 2.75) is 6.92 Å². The summed E-state index contributed by atoms with van der Waals surface area (Å²) in [4.78, 5) is 24.7. The number of carbonyl (C=O) groups is 1. The molecule has 0 saturated carbocycles.